The van der Waals surface area contributed by atoms with Crippen molar-refractivity contribution in [3.63, 3.8) is 0 Å². The second-order valence-electron chi connectivity index (χ2n) is 6.89. The van der Waals surface area contributed by atoms with Gasteiger partial charge in [-0.3, -0.25) is 9.40 Å². The molecule has 0 atom stereocenters. The van der Waals surface area contributed by atoms with Gasteiger partial charge in [0.1, 0.15) is 4.90 Å². The van der Waals surface area contributed by atoms with E-state index in [2.05, 4.69) is 25.0 Å². The van der Waals surface area contributed by atoms with Crippen LogP contribution in [0.25, 0.3) is 0 Å². The van der Waals surface area contributed by atoms with E-state index < -0.39 is 10.0 Å². The van der Waals surface area contributed by atoms with Gasteiger partial charge in [0.15, 0.2) is 5.82 Å². The van der Waals surface area contributed by atoms with E-state index in [9.17, 15) is 8.42 Å². The van der Waals surface area contributed by atoms with Crippen molar-refractivity contribution in [3.8, 4) is 0 Å². The van der Waals surface area contributed by atoms with Crippen LogP contribution in [0.4, 0.5) is 11.5 Å². The van der Waals surface area contributed by atoms with Crippen LogP contribution in [0.2, 0.25) is 0 Å². The Balaban J connectivity index is 1.65. The lowest BCUT2D eigenvalue weighted by atomic mass is 9.83. The van der Waals surface area contributed by atoms with Gasteiger partial charge in [-0.1, -0.05) is 6.42 Å². The largest absolute Gasteiger partial charge is 0.366 e. The average Bonchev–Trinajstić information content (AvgIpc) is 2.96. The Morgan fingerprint density at radius 1 is 1.27 bits per heavy atom. The maximum Gasteiger partial charge on any atom is 0.266 e. The molecule has 8 nitrogen and oxygen atoms in total. The van der Waals surface area contributed by atoms with Crippen LogP contribution in [-0.4, -0.2) is 49.4 Å². The van der Waals surface area contributed by atoms with E-state index >= 15 is 0 Å². The van der Waals surface area contributed by atoms with Crippen LogP contribution in [-0.2, 0) is 17.1 Å². The van der Waals surface area contributed by atoms with Crippen LogP contribution in [0.15, 0.2) is 29.4 Å². The highest BCUT2D eigenvalue weighted by Crippen LogP contribution is 2.39. The SMILES string of the molecule is Cn1cc(S(=O)(=O)Nc2ncccc2N2CCNCC2)c(C2CCC2)n1. The summed E-state index contributed by atoms with van der Waals surface area (Å²) in [6.45, 7) is 3.38. The van der Waals surface area contributed by atoms with Gasteiger partial charge >= 0.3 is 0 Å². The fraction of sp³-hybridized carbons (Fsp3) is 0.529. The van der Waals surface area contributed by atoms with Crippen molar-refractivity contribution in [2.45, 2.75) is 30.1 Å². The molecule has 0 bridgehead atoms. The minimum atomic E-state index is -3.74. The molecule has 0 aromatic carbocycles. The molecule has 140 valence electrons. The normalized spacial score (nSPS) is 18.6. The zero-order valence-corrected chi connectivity index (χ0v) is 15.7. The quantitative estimate of drug-likeness (QED) is 0.817. The van der Waals surface area contributed by atoms with Crippen molar-refractivity contribution in [1.29, 1.82) is 0 Å². The van der Waals surface area contributed by atoms with E-state index in [0.29, 0.717) is 11.5 Å². The smallest absolute Gasteiger partial charge is 0.266 e. The minimum Gasteiger partial charge on any atom is -0.366 e. The first-order valence-corrected chi connectivity index (χ1v) is 10.5. The van der Waals surface area contributed by atoms with Crippen LogP contribution in [0.5, 0.6) is 0 Å². The highest BCUT2D eigenvalue weighted by Gasteiger charge is 2.31. The molecule has 3 heterocycles. The van der Waals surface area contributed by atoms with Crippen molar-refractivity contribution in [3.05, 3.63) is 30.2 Å². The Kier molecular flexibility index (Phi) is 4.58. The molecule has 2 fully saturated rings. The average molecular weight is 376 g/mol. The Morgan fingerprint density at radius 3 is 2.73 bits per heavy atom. The van der Waals surface area contributed by atoms with Crippen LogP contribution < -0.4 is 14.9 Å². The van der Waals surface area contributed by atoms with Crippen molar-refractivity contribution in [2.75, 3.05) is 35.8 Å². The molecule has 1 aliphatic carbocycles. The van der Waals surface area contributed by atoms with E-state index in [0.717, 1.165) is 51.1 Å². The van der Waals surface area contributed by atoms with E-state index in [1.807, 2.05) is 12.1 Å². The number of aryl methyl sites for hydroxylation is 1. The number of hydrogen-bond acceptors (Lipinski definition) is 6. The number of nitrogens with one attached hydrogen (secondary N) is 2. The number of hydrogen-bond donors (Lipinski definition) is 2. The number of piperazine rings is 1. The van der Waals surface area contributed by atoms with Crippen molar-refractivity contribution in [2.24, 2.45) is 7.05 Å². The first kappa shape index (κ1) is 17.3. The van der Waals surface area contributed by atoms with Crippen LogP contribution in [0.3, 0.4) is 0 Å². The van der Waals surface area contributed by atoms with E-state index in [4.69, 9.17) is 0 Å². The van der Waals surface area contributed by atoms with Crippen LogP contribution >= 0.6 is 0 Å². The number of pyridine rings is 1. The molecule has 2 aromatic rings. The summed E-state index contributed by atoms with van der Waals surface area (Å²) in [5.41, 5.74) is 1.48. The Morgan fingerprint density at radius 2 is 2.04 bits per heavy atom. The molecular weight excluding hydrogens is 352 g/mol. The number of rotatable bonds is 5. The highest BCUT2D eigenvalue weighted by molar-refractivity contribution is 7.92. The second-order valence-corrected chi connectivity index (χ2v) is 8.54. The number of nitrogens with zero attached hydrogens (tertiary/aromatic N) is 4. The minimum absolute atomic E-state index is 0.235. The van der Waals surface area contributed by atoms with E-state index in [1.165, 1.54) is 0 Å². The van der Waals surface area contributed by atoms with Gasteiger partial charge in [-0.2, -0.15) is 5.10 Å². The molecule has 0 spiro atoms. The zero-order chi connectivity index (χ0) is 18.1. The third kappa shape index (κ3) is 3.28. The number of sulfonamides is 1. The first-order valence-electron chi connectivity index (χ1n) is 9.01. The van der Waals surface area contributed by atoms with Gasteiger partial charge in [0, 0.05) is 51.5 Å². The lowest BCUT2D eigenvalue weighted by molar-refractivity contribution is 0.402. The summed E-state index contributed by atoms with van der Waals surface area (Å²) in [5.74, 6) is 0.608. The molecule has 4 rings (SSSR count). The van der Waals surface area contributed by atoms with Gasteiger partial charge in [-0.15, -0.1) is 0 Å². The summed E-state index contributed by atoms with van der Waals surface area (Å²) in [7, 11) is -1.99. The molecule has 1 saturated carbocycles. The Bertz CT molecular complexity index is 884. The standard InChI is InChI=1S/C17H24N6O2S/c1-22-12-15(16(20-22)13-4-2-5-13)26(24,25)21-17-14(6-3-7-19-17)23-10-8-18-9-11-23/h3,6-7,12-13,18H,2,4-5,8-11H2,1H3,(H,19,21). The van der Waals surface area contributed by atoms with Crippen molar-refractivity contribution < 1.29 is 8.42 Å². The second kappa shape index (κ2) is 6.88. The van der Waals surface area contributed by atoms with Gasteiger partial charge in [-0.25, -0.2) is 13.4 Å². The molecule has 9 heteroatoms. The zero-order valence-electron chi connectivity index (χ0n) is 14.9. The maximum atomic E-state index is 13.1. The molecule has 0 unspecified atom stereocenters. The number of aromatic nitrogens is 3. The van der Waals surface area contributed by atoms with E-state index in [1.54, 1.807) is 24.1 Å². The highest BCUT2D eigenvalue weighted by atomic mass is 32.2. The summed E-state index contributed by atoms with van der Waals surface area (Å²) in [6.07, 6.45) is 6.31. The predicted molar refractivity (Wildman–Crippen MR) is 99.9 cm³/mol. The van der Waals surface area contributed by atoms with Gasteiger partial charge in [-0.05, 0) is 25.0 Å². The lowest BCUT2D eigenvalue weighted by Crippen LogP contribution is -2.43. The maximum absolute atomic E-state index is 13.1. The van der Waals surface area contributed by atoms with Gasteiger partial charge in [0.05, 0.1) is 11.4 Å². The third-order valence-electron chi connectivity index (χ3n) is 5.08. The molecular formula is C17H24N6O2S. The van der Waals surface area contributed by atoms with Gasteiger partial charge in [0.2, 0.25) is 0 Å². The molecule has 2 aliphatic rings. The lowest BCUT2D eigenvalue weighted by Gasteiger charge is -2.30. The summed E-state index contributed by atoms with van der Waals surface area (Å²) in [6, 6.07) is 3.74. The molecule has 26 heavy (non-hydrogen) atoms. The van der Waals surface area contributed by atoms with Crippen molar-refractivity contribution in [1.82, 2.24) is 20.1 Å². The molecule has 0 amide bonds. The first-order chi connectivity index (χ1) is 12.5. The fourth-order valence-corrected chi connectivity index (χ4v) is 4.77. The Labute approximate surface area is 153 Å². The van der Waals surface area contributed by atoms with Crippen LogP contribution in [0.1, 0.15) is 30.9 Å². The summed E-state index contributed by atoms with van der Waals surface area (Å²) < 4.78 is 30.4. The summed E-state index contributed by atoms with van der Waals surface area (Å²) in [5, 5.41) is 7.71. The van der Waals surface area contributed by atoms with Crippen LogP contribution in [0, 0.1) is 0 Å². The topological polar surface area (TPSA) is 92.2 Å². The molecule has 0 radical (unpaired) electrons. The molecule has 2 N–H and O–H groups in total. The predicted octanol–water partition coefficient (Wildman–Crippen LogP) is 1.29. The monoisotopic (exact) mass is 376 g/mol. The van der Waals surface area contributed by atoms with E-state index in [-0.39, 0.29) is 10.8 Å². The molecule has 1 saturated heterocycles. The number of anilines is 2. The summed E-state index contributed by atoms with van der Waals surface area (Å²) >= 11 is 0. The van der Waals surface area contributed by atoms with Gasteiger partial charge < -0.3 is 10.2 Å². The Hall–Kier alpha value is -2.13. The third-order valence-corrected chi connectivity index (χ3v) is 6.43. The van der Waals surface area contributed by atoms with Gasteiger partial charge in [0.25, 0.3) is 10.0 Å². The summed E-state index contributed by atoms with van der Waals surface area (Å²) in [4.78, 5) is 6.72. The molecule has 2 aromatic heterocycles. The molecule has 1 aliphatic heterocycles. The fourth-order valence-electron chi connectivity index (χ4n) is 3.47. The van der Waals surface area contributed by atoms with Crippen molar-refractivity contribution >= 4 is 21.5 Å².